The predicted octanol–water partition coefficient (Wildman–Crippen LogP) is 1.50. The zero-order chi connectivity index (χ0) is 14.0. The van der Waals surface area contributed by atoms with Gasteiger partial charge in [-0.05, 0) is 18.2 Å². The maximum atomic E-state index is 13.5. The molecule has 0 unspecified atom stereocenters. The van der Waals surface area contributed by atoms with Gasteiger partial charge in [0.1, 0.15) is 5.82 Å². The van der Waals surface area contributed by atoms with Crippen LogP contribution in [0, 0.1) is 5.82 Å². The van der Waals surface area contributed by atoms with Crippen LogP contribution in [0.4, 0.5) is 10.1 Å². The van der Waals surface area contributed by atoms with Crippen LogP contribution < -0.4 is 4.72 Å². The van der Waals surface area contributed by atoms with Gasteiger partial charge in [0, 0.05) is 10.6 Å². The number of benzene rings is 1. The highest BCUT2D eigenvalue weighted by atomic mass is 35.5. The number of nitrogens with one attached hydrogen (secondary N) is 2. The van der Waals surface area contributed by atoms with E-state index in [4.69, 9.17) is 16.7 Å². The van der Waals surface area contributed by atoms with Crippen LogP contribution in [0.2, 0.25) is 5.02 Å². The fraction of sp³-hybridized carbons (Fsp3) is 0.100. The topological polar surface area (TPSA) is 95.1 Å². The van der Waals surface area contributed by atoms with Crippen molar-refractivity contribution < 1.29 is 17.9 Å². The van der Waals surface area contributed by atoms with Crippen molar-refractivity contribution in [3.63, 3.8) is 0 Å². The quantitative estimate of drug-likeness (QED) is 0.797. The van der Waals surface area contributed by atoms with Crippen molar-refractivity contribution in [2.45, 2.75) is 11.6 Å². The molecule has 3 N–H and O–H groups in total. The van der Waals surface area contributed by atoms with Crippen molar-refractivity contribution in [3.8, 4) is 0 Å². The molecule has 9 heteroatoms. The van der Waals surface area contributed by atoms with Crippen LogP contribution in [0.5, 0.6) is 0 Å². The molecule has 0 radical (unpaired) electrons. The summed E-state index contributed by atoms with van der Waals surface area (Å²) in [7, 11) is -4.06. The average molecular weight is 306 g/mol. The fourth-order valence-corrected chi connectivity index (χ4v) is 2.76. The SMILES string of the molecule is O=S(=O)(Nc1ccc(Cl)cc1F)c1[nH]ncc1CO. The largest absolute Gasteiger partial charge is 0.392 e. The molecule has 0 saturated heterocycles. The zero-order valence-electron chi connectivity index (χ0n) is 9.39. The summed E-state index contributed by atoms with van der Waals surface area (Å²) in [4.78, 5) is 0. The van der Waals surface area contributed by atoms with Gasteiger partial charge < -0.3 is 5.11 Å². The van der Waals surface area contributed by atoms with Crippen molar-refractivity contribution in [1.29, 1.82) is 0 Å². The molecule has 0 atom stereocenters. The van der Waals surface area contributed by atoms with Gasteiger partial charge in [0.15, 0.2) is 5.03 Å². The maximum Gasteiger partial charge on any atom is 0.279 e. The molecule has 102 valence electrons. The van der Waals surface area contributed by atoms with E-state index in [1.54, 1.807) is 0 Å². The number of H-pyrrole nitrogens is 1. The van der Waals surface area contributed by atoms with E-state index < -0.39 is 22.4 Å². The van der Waals surface area contributed by atoms with E-state index in [9.17, 15) is 12.8 Å². The van der Waals surface area contributed by atoms with Gasteiger partial charge in [-0.1, -0.05) is 11.6 Å². The number of halogens is 2. The van der Waals surface area contributed by atoms with Gasteiger partial charge in [0.05, 0.1) is 18.5 Å². The minimum atomic E-state index is -4.06. The number of nitrogens with zero attached hydrogens (tertiary/aromatic N) is 1. The van der Waals surface area contributed by atoms with Crippen LogP contribution in [-0.2, 0) is 16.6 Å². The summed E-state index contributed by atoms with van der Waals surface area (Å²) < 4.78 is 39.5. The first-order valence-electron chi connectivity index (χ1n) is 5.05. The van der Waals surface area contributed by atoms with Crippen LogP contribution in [0.3, 0.4) is 0 Å². The van der Waals surface area contributed by atoms with E-state index in [-0.39, 0.29) is 21.3 Å². The molecule has 1 heterocycles. The van der Waals surface area contributed by atoms with E-state index in [0.29, 0.717) is 0 Å². The molecule has 0 saturated carbocycles. The standard InChI is InChI=1S/C10H9ClFN3O3S/c11-7-1-2-9(8(12)3-7)15-19(17,18)10-6(5-16)4-13-14-10/h1-4,15-16H,5H2,(H,13,14). The molecular formula is C10H9ClFN3O3S. The molecule has 0 aliphatic carbocycles. The van der Waals surface area contributed by atoms with Gasteiger partial charge in [0.25, 0.3) is 10.0 Å². The number of aliphatic hydroxyl groups is 1. The number of aromatic nitrogens is 2. The van der Waals surface area contributed by atoms with Crippen molar-refractivity contribution in [1.82, 2.24) is 10.2 Å². The Balaban J connectivity index is 2.37. The third kappa shape index (κ3) is 2.86. The second kappa shape index (κ2) is 5.16. The summed E-state index contributed by atoms with van der Waals surface area (Å²) in [5.74, 6) is -0.805. The molecule has 0 bridgehead atoms. The third-order valence-corrected chi connectivity index (χ3v) is 3.91. The van der Waals surface area contributed by atoms with Crippen LogP contribution in [0.25, 0.3) is 0 Å². The minimum Gasteiger partial charge on any atom is -0.392 e. The molecule has 0 fully saturated rings. The van der Waals surface area contributed by atoms with Crippen molar-refractivity contribution in [2.24, 2.45) is 0 Å². The van der Waals surface area contributed by atoms with Crippen LogP contribution in [0.15, 0.2) is 29.4 Å². The number of aliphatic hydroxyl groups excluding tert-OH is 1. The highest BCUT2D eigenvalue weighted by molar-refractivity contribution is 7.92. The lowest BCUT2D eigenvalue weighted by atomic mass is 10.3. The molecule has 0 spiro atoms. The fourth-order valence-electron chi connectivity index (χ4n) is 1.41. The highest BCUT2D eigenvalue weighted by Crippen LogP contribution is 2.22. The summed E-state index contributed by atoms with van der Waals surface area (Å²) in [5.41, 5.74) is -0.162. The molecule has 0 amide bonds. The number of anilines is 1. The summed E-state index contributed by atoms with van der Waals surface area (Å²) >= 11 is 5.57. The Kier molecular flexibility index (Phi) is 3.74. The van der Waals surface area contributed by atoms with Crippen LogP contribution in [0.1, 0.15) is 5.56 Å². The molecule has 2 aromatic rings. The lowest BCUT2D eigenvalue weighted by Gasteiger charge is -2.08. The van der Waals surface area contributed by atoms with Gasteiger partial charge >= 0.3 is 0 Å². The summed E-state index contributed by atoms with van der Waals surface area (Å²) in [5, 5.41) is 14.6. The Morgan fingerprint density at radius 3 is 2.84 bits per heavy atom. The Hall–Kier alpha value is -1.64. The van der Waals surface area contributed by atoms with Crippen LogP contribution >= 0.6 is 11.6 Å². The van der Waals surface area contributed by atoms with E-state index >= 15 is 0 Å². The second-order valence-corrected chi connectivity index (χ2v) is 5.67. The zero-order valence-corrected chi connectivity index (χ0v) is 11.0. The Morgan fingerprint density at radius 1 is 1.47 bits per heavy atom. The Labute approximate surface area is 113 Å². The van der Waals surface area contributed by atoms with E-state index in [1.807, 2.05) is 4.72 Å². The second-order valence-electron chi connectivity index (χ2n) is 3.61. The first kappa shape index (κ1) is 13.8. The van der Waals surface area contributed by atoms with Crippen molar-refractivity contribution in [2.75, 3.05) is 4.72 Å². The molecule has 1 aromatic heterocycles. The summed E-state index contributed by atoms with van der Waals surface area (Å²) in [6.07, 6.45) is 1.17. The number of rotatable bonds is 4. The normalized spacial score (nSPS) is 11.5. The lowest BCUT2D eigenvalue weighted by molar-refractivity contribution is 0.278. The van der Waals surface area contributed by atoms with E-state index in [1.165, 1.54) is 18.3 Å². The van der Waals surface area contributed by atoms with E-state index in [0.717, 1.165) is 6.07 Å². The predicted molar refractivity (Wildman–Crippen MR) is 66.7 cm³/mol. The molecule has 1 aromatic carbocycles. The molecule has 6 nitrogen and oxygen atoms in total. The molecule has 19 heavy (non-hydrogen) atoms. The lowest BCUT2D eigenvalue weighted by Crippen LogP contribution is -2.16. The van der Waals surface area contributed by atoms with E-state index in [2.05, 4.69) is 10.2 Å². The first-order chi connectivity index (χ1) is 8.94. The van der Waals surface area contributed by atoms with Gasteiger partial charge in [0.2, 0.25) is 0 Å². The summed E-state index contributed by atoms with van der Waals surface area (Å²) in [6, 6.07) is 3.53. The minimum absolute atomic E-state index is 0.0851. The van der Waals surface area contributed by atoms with Gasteiger partial charge in [-0.25, -0.2) is 4.39 Å². The maximum absolute atomic E-state index is 13.5. The third-order valence-electron chi connectivity index (χ3n) is 2.29. The van der Waals surface area contributed by atoms with Gasteiger partial charge in [-0.15, -0.1) is 0 Å². The van der Waals surface area contributed by atoms with Crippen LogP contribution in [-0.4, -0.2) is 23.7 Å². The van der Waals surface area contributed by atoms with Crippen molar-refractivity contribution in [3.05, 3.63) is 40.8 Å². The Bertz CT molecular complexity index is 702. The first-order valence-corrected chi connectivity index (χ1v) is 6.91. The summed E-state index contributed by atoms with van der Waals surface area (Å²) in [6.45, 7) is -0.504. The number of sulfonamides is 1. The van der Waals surface area contributed by atoms with Crippen molar-refractivity contribution >= 4 is 27.3 Å². The molecule has 0 aliphatic heterocycles. The smallest absolute Gasteiger partial charge is 0.279 e. The number of aromatic amines is 1. The van der Waals surface area contributed by atoms with Gasteiger partial charge in [-0.3, -0.25) is 9.82 Å². The number of hydrogen-bond donors (Lipinski definition) is 3. The molecular weight excluding hydrogens is 297 g/mol. The monoisotopic (exact) mass is 305 g/mol. The molecule has 0 aliphatic rings. The average Bonchev–Trinajstić information content (AvgIpc) is 2.82. The Morgan fingerprint density at radius 2 is 2.21 bits per heavy atom. The molecule has 2 rings (SSSR count). The van der Waals surface area contributed by atoms with Gasteiger partial charge in [-0.2, -0.15) is 13.5 Å². The highest BCUT2D eigenvalue weighted by Gasteiger charge is 2.21. The number of hydrogen-bond acceptors (Lipinski definition) is 4.